The van der Waals surface area contributed by atoms with Gasteiger partial charge in [-0.05, 0) is 29.8 Å². The van der Waals surface area contributed by atoms with Crippen LogP contribution >= 0.6 is 0 Å². The third-order valence-corrected chi connectivity index (χ3v) is 2.41. The van der Waals surface area contributed by atoms with Crippen molar-refractivity contribution in [2.75, 3.05) is 0 Å². The summed E-state index contributed by atoms with van der Waals surface area (Å²) in [7, 11) is 0. The largest absolute Gasteiger partial charge is 0.478 e. The number of rotatable bonds is 3. The first-order chi connectivity index (χ1) is 9.06. The maximum atomic E-state index is 13.5. The van der Waals surface area contributed by atoms with Crippen LogP contribution in [0.25, 0.3) is 17.3 Å². The molecule has 1 aromatic heterocycles. The number of halogens is 2. The van der Waals surface area contributed by atoms with Crippen LogP contribution in [0.15, 0.2) is 42.6 Å². The van der Waals surface area contributed by atoms with Gasteiger partial charge < -0.3 is 5.11 Å². The van der Waals surface area contributed by atoms with Crippen molar-refractivity contribution in [2.45, 2.75) is 0 Å². The Kier molecular flexibility index (Phi) is 3.66. The molecular formula is C14H9F2NO2. The summed E-state index contributed by atoms with van der Waals surface area (Å²) < 4.78 is 26.3. The Morgan fingerprint density at radius 1 is 1.21 bits per heavy atom. The molecule has 0 saturated heterocycles. The SMILES string of the molecule is O=C(O)/C=C/c1ccc(-c2ccc(F)cc2F)nc1. The molecule has 1 heterocycles. The van der Waals surface area contributed by atoms with Crippen LogP contribution in [-0.4, -0.2) is 16.1 Å². The van der Waals surface area contributed by atoms with Gasteiger partial charge in [-0.25, -0.2) is 13.6 Å². The van der Waals surface area contributed by atoms with Crippen molar-refractivity contribution in [3.05, 3.63) is 59.8 Å². The minimum Gasteiger partial charge on any atom is -0.478 e. The molecule has 0 aliphatic rings. The quantitative estimate of drug-likeness (QED) is 0.863. The van der Waals surface area contributed by atoms with E-state index in [1.807, 2.05) is 0 Å². The van der Waals surface area contributed by atoms with E-state index in [0.29, 0.717) is 11.3 Å². The van der Waals surface area contributed by atoms with Gasteiger partial charge in [0, 0.05) is 23.9 Å². The molecule has 1 aromatic carbocycles. The zero-order valence-corrected chi connectivity index (χ0v) is 9.68. The zero-order valence-electron chi connectivity index (χ0n) is 9.68. The minimum absolute atomic E-state index is 0.190. The minimum atomic E-state index is -1.06. The fourth-order valence-electron chi connectivity index (χ4n) is 1.53. The van der Waals surface area contributed by atoms with Gasteiger partial charge in [-0.1, -0.05) is 6.07 Å². The summed E-state index contributed by atoms with van der Waals surface area (Å²) in [4.78, 5) is 14.4. The van der Waals surface area contributed by atoms with E-state index in [2.05, 4.69) is 4.98 Å². The van der Waals surface area contributed by atoms with Crippen molar-refractivity contribution >= 4 is 12.0 Å². The third-order valence-electron chi connectivity index (χ3n) is 2.41. The number of aliphatic carboxylic acids is 1. The van der Waals surface area contributed by atoms with E-state index in [-0.39, 0.29) is 5.56 Å². The van der Waals surface area contributed by atoms with Gasteiger partial charge in [-0.2, -0.15) is 0 Å². The topological polar surface area (TPSA) is 50.2 Å². The summed E-state index contributed by atoms with van der Waals surface area (Å²) in [5.74, 6) is -2.41. The van der Waals surface area contributed by atoms with E-state index >= 15 is 0 Å². The van der Waals surface area contributed by atoms with Gasteiger partial charge in [0.05, 0.1) is 5.69 Å². The molecule has 1 N–H and O–H groups in total. The number of carboxylic acids is 1. The molecule has 0 radical (unpaired) electrons. The van der Waals surface area contributed by atoms with Crippen molar-refractivity contribution in [3.8, 4) is 11.3 Å². The van der Waals surface area contributed by atoms with E-state index in [4.69, 9.17) is 5.11 Å². The molecule has 0 spiro atoms. The highest BCUT2D eigenvalue weighted by molar-refractivity contribution is 5.85. The fourth-order valence-corrected chi connectivity index (χ4v) is 1.53. The summed E-state index contributed by atoms with van der Waals surface area (Å²) in [6.45, 7) is 0. The Morgan fingerprint density at radius 3 is 2.58 bits per heavy atom. The molecule has 5 heteroatoms. The van der Waals surface area contributed by atoms with Crippen LogP contribution in [0.5, 0.6) is 0 Å². The molecular weight excluding hydrogens is 252 g/mol. The summed E-state index contributed by atoms with van der Waals surface area (Å²) in [6.07, 6.45) is 3.77. The highest BCUT2D eigenvalue weighted by atomic mass is 19.1. The van der Waals surface area contributed by atoms with Crippen LogP contribution in [-0.2, 0) is 4.79 Å². The molecule has 2 rings (SSSR count). The van der Waals surface area contributed by atoms with Crippen LogP contribution in [0.2, 0.25) is 0 Å². The van der Waals surface area contributed by atoms with Gasteiger partial charge in [-0.3, -0.25) is 4.98 Å². The number of nitrogens with zero attached hydrogens (tertiary/aromatic N) is 1. The van der Waals surface area contributed by atoms with Crippen LogP contribution in [0.4, 0.5) is 8.78 Å². The van der Waals surface area contributed by atoms with Crippen LogP contribution < -0.4 is 0 Å². The lowest BCUT2D eigenvalue weighted by Crippen LogP contribution is -1.90. The van der Waals surface area contributed by atoms with E-state index < -0.39 is 17.6 Å². The van der Waals surface area contributed by atoms with Crippen molar-refractivity contribution in [2.24, 2.45) is 0 Å². The normalized spacial score (nSPS) is 10.8. The molecule has 3 nitrogen and oxygen atoms in total. The van der Waals surface area contributed by atoms with E-state index in [0.717, 1.165) is 18.2 Å². The molecule has 0 atom stereocenters. The zero-order chi connectivity index (χ0) is 13.8. The molecule has 2 aromatic rings. The summed E-state index contributed by atoms with van der Waals surface area (Å²) in [6, 6.07) is 6.38. The first kappa shape index (κ1) is 12.9. The smallest absolute Gasteiger partial charge is 0.328 e. The summed E-state index contributed by atoms with van der Waals surface area (Å²) >= 11 is 0. The number of pyridine rings is 1. The Morgan fingerprint density at radius 2 is 2.00 bits per heavy atom. The fraction of sp³-hybridized carbons (Fsp3) is 0. The van der Waals surface area contributed by atoms with Crippen molar-refractivity contribution in [3.63, 3.8) is 0 Å². The Balaban J connectivity index is 2.30. The first-order valence-electron chi connectivity index (χ1n) is 5.39. The van der Waals surface area contributed by atoms with Crippen molar-refractivity contribution in [1.29, 1.82) is 0 Å². The number of hydrogen-bond acceptors (Lipinski definition) is 2. The van der Waals surface area contributed by atoms with Gasteiger partial charge in [-0.15, -0.1) is 0 Å². The molecule has 0 aliphatic carbocycles. The maximum Gasteiger partial charge on any atom is 0.328 e. The molecule has 0 saturated carbocycles. The molecule has 0 fully saturated rings. The molecule has 19 heavy (non-hydrogen) atoms. The molecule has 0 amide bonds. The molecule has 0 bridgehead atoms. The predicted octanol–water partition coefficient (Wildman–Crippen LogP) is 3.12. The second-order valence-electron chi connectivity index (χ2n) is 3.77. The monoisotopic (exact) mass is 261 g/mol. The van der Waals surface area contributed by atoms with Crippen LogP contribution in [0.1, 0.15) is 5.56 Å². The first-order valence-corrected chi connectivity index (χ1v) is 5.39. The van der Waals surface area contributed by atoms with Gasteiger partial charge in [0.2, 0.25) is 0 Å². The average Bonchev–Trinajstić information content (AvgIpc) is 2.37. The standard InChI is InChI=1S/C14H9F2NO2/c15-10-3-4-11(12(16)7-10)13-5-1-9(8-17-13)2-6-14(18)19/h1-8H,(H,18,19)/b6-2+. The highest BCUT2D eigenvalue weighted by Crippen LogP contribution is 2.21. The number of hydrogen-bond donors (Lipinski definition) is 1. The van der Waals surface area contributed by atoms with E-state index in [9.17, 15) is 13.6 Å². The maximum absolute atomic E-state index is 13.5. The van der Waals surface area contributed by atoms with Crippen molar-refractivity contribution in [1.82, 2.24) is 4.98 Å². The van der Waals surface area contributed by atoms with E-state index in [1.165, 1.54) is 24.4 Å². The number of carbonyl (C=O) groups is 1. The average molecular weight is 261 g/mol. The number of benzene rings is 1. The lowest BCUT2D eigenvalue weighted by Gasteiger charge is -2.03. The highest BCUT2D eigenvalue weighted by Gasteiger charge is 2.07. The molecule has 0 unspecified atom stereocenters. The Hall–Kier alpha value is -2.56. The van der Waals surface area contributed by atoms with Gasteiger partial charge in [0.1, 0.15) is 11.6 Å². The Bertz CT molecular complexity index is 636. The second-order valence-corrected chi connectivity index (χ2v) is 3.77. The van der Waals surface area contributed by atoms with Gasteiger partial charge >= 0.3 is 5.97 Å². The predicted molar refractivity (Wildman–Crippen MR) is 66.3 cm³/mol. The van der Waals surface area contributed by atoms with Crippen LogP contribution in [0.3, 0.4) is 0 Å². The lowest BCUT2D eigenvalue weighted by atomic mass is 10.1. The van der Waals surface area contributed by atoms with Gasteiger partial charge in [0.25, 0.3) is 0 Å². The lowest BCUT2D eigenvalue weighted by molar-refractivity contribution is -0.131. The van der Waals surface area contributed by atoms with Crippen LogP contribution in [0, 0.1) is 11.6 Å². The molecule has 0 aliphatic heterocycles. The third kappa shape index (κ3) is 3.22. The summed E-state index contributed by atoms with van der Waals surface area (Å²) in [5.41, 5.74) is 1.12. The second kappa shape index (κ2) is 5.39. The molecule has 96 valence electrons. The Labute approximate surface area is 107 Å². The number of aromatic nitrogens is 1. The number of carboxylic acid groups (broad SMARTS) is 1. The van der Waals surface area contributed by atoms with Crippen molar-refractivity contribution < 1.29 is 18.7 Å². The summed E-state index contributed by atoms with van der Waals surface area (Å²) in [5, 5.41) is 8.48. The van der Waals surface area contributed by atoms with Gasteiger partial charge in [0.15, 0.2) is 0 Å². The van der Waals surface area contributed by atoms with E-state index in [1.54, 1.807) is 6.07 Å².